The number of benzene rings is 1. The van der Waals surface area contributed by atoms with Crippen molar-refractivity contribution in [3.63, 3.8) is 0 Å². The minimum atomic E-state index is 0.667. The van der Waals surface area contributed by atoms with Crippen molar-refractivity contribution in [3.8, 4) is 10.6 Å². The van der Waals surface area contributed by atoms with E-state index in [2.05, 4.69) is 29.2 Å². The summed E-state index contributed by atoms with van der Waals surface area (Å²) in [6.07, 6.45) is 3.52. The lowest BCUT2D eigenvalue weighted by Gasteiger charge is -1.91. The molecule has 0 aliphatic carbocycles. The average molecular weight is 258 g/mol. The summed E-state index contributed by atoms with van der Waals surface area (Å²) < 4.78 is 7.02. The van der Waals surface area contributed by atoms with Crippen molar-refractivity contribution in [2.24, 2.45) is 5.73 Å². The van der Waals surface area contributed by atoms with E-state index < -0.39 is 0 Å². The van der Waals surface area contributed by atoms with Gasteiger partial charge in [-0.25, -0.2) is 4.98 Å². The molecule has 0 unspecified atom stereocenters. The Hall–Kier alpha value is -1.65. The van der Waals surface area contributed by atoms with Crippen LogP contribution in [0.1, 0.15) is 12.3 Å². The highest BCUT2D eigenvalue weighted by Gasteiger charge is 2.09. The van der Waals surface area contributed by atoms with Gasteiger partial charge in [-0.1, -0.05) is 18.2 Å². The lowest BCUT2D eigenvalue weighted by molar-refractivity contribution is 0.500. The molecule has 3 rings (SSSR count). The SMILES string of the molecule is NCCCc1ncc(-c2cc3ccccc3s2)o1. The largest absolute Gasteiger partial charge is 0.440 e. The van der Waals surface area contributed by atoms with E-state index in [1.165, 1.54) is 10.1 Å². The predicted molar refractivity (Wildman–Crippen MR) is 74.7 cm³/mol. The molecule has 0 amide bonds. The summed E-state index contributed by atoms with van der Waals surface area (Å²) in [6.45, 7) is 0.667. The molecule has 0 saturated heterocycles. The number of nitrogens with two attached hydrogens (primary N) is 1. The number of hydrogen-bond acceptors (Lipinski definition) is 4. The molecule has 0 aliphatic heterocycles. The van der Waals surface area contributed by atoms with Crippen LogP contribution in [0.2, 0.25) is 0 Å². The maximum atomic E-state index is 5.75. The Balaban J connectivity index is 1.91. The first-order valence-corrected chi connectivity index (χ1v) is 6.82. The minimum Gasteiger partial charge on any atom is -0.440 e. The molecule has 2 N–H and O–H groups in total. The van der Waals surface area contributed by atoms with Gasteiger partial charge < -0.3 is 10.2 Å². The molecule has 92 valence electrons. The van der Waals surface area contributed by atoms with Crippen molar-refractivity contribution in [2.75, 3.05) is 6.54 Å². The lowest BCUT2D eigenvalue weighted by atomic mass is 10.2. The molecule has 2 aromatic heterocycles. The molecule has 3 nitrogen and oxygen atoms in total. The number of rotatable bonds is 4. The second-order valence-electron chi connectivity index (χ2n) is 4.16. The average Bonchev–Trinajstić information content (AvgIpc) is 3.02. The summed E-state index contributed by atoms with van der Waals surface area (Å²) in [7, 11) is 0. The molecule has 0 saturated carbocycles. The van der Waals surface area contributed by atoms with Gasteiger partial charge in [-0.2, -0.15) is 0 Å². The Labute approximate surface area is 109 Å². The zero-order valence-electron chi connectivity index (χ0n) is 9.93. The van der Waals surface area contributed by atoms with E-state index in [0.717, 1.165) is 29.4 Å². The fourth-order valence-corrected chi connectivity index (χ4v) is 2.91. The Morgan fingerprint density at radius 3 is 3.00 bits per heavy atom. The molecule has 3 aromatic rings. The van der Waals surface area contributed by atoms with Crippen LogP contribution in [0.3, 0.4) is 0 Å². The number of thiophene rings is 1. The zero-order chi connectivity index (χ0) is 12.4. The number of fused-ring (bicyclic) bond motifs is 1. The highest BCUT2D eigenvalue weighted by molar-refractivity contribution is 7.22. The van der Waals surface area contributed by atoms with E-state index in [4.69, 9.17) is 10.2 Å². The van der Waals surface area contributed by atoms with Gasteiger partial charge in [0, 0.05) is 11.1 Å². The van der Waals surface area contributed by atoms with Crippen molar-refractivity contribution in [1.29, 1.82) is 0 Å². The second-order valence-corrected chi connectivity index (χ2v) is 5.24. The fraction of sp³-hybridized carbons (Fsp3) is 0.214. The first-order valence-electron chi connectivity index (χ1n) is 6.00. The highest BCUT2D eigenvalue weighted by atomic mass is 32.1. The van der Waals surface area contributed by atoms with Gasteiger partial charge in [0.05, 0.1) is 11.1 Å². The maximum absolute atomic E-state index is 5.75. The summed E-state index contributed by atoms with van der Waals surface area (Å²) in [5, 5.41) is 1.25. The van der Waals surface area contributed by atoms with Crippen LogP contribution in [0.15, 0.2) is 40.9 Å². The van der Waals surface area contributed by atoms with Crippen molar-refractivity contribution in [1.82, 2.24) is 4.98 Å². The molecule has 0 aliphatic rings. The van der Waals surface area contributed by atoms with Crippen molar-refractivity contribution < 1.29 is 4.42 Å². The van der Waals surface area contributed by atoms with Crippen LogP contribution in [0.5, 0.6) is 0 Å². The fourth-order valence-electron chi connectivity index (χ4n) is 1.90. The number of nitrogens with zero attached hydrogens (tertiary/aromatic N) is 1. The standard InChI is InChI=1S/C14H14N2OS/c15-7-3-6-14-16-9-11(17-14)13-8-10-4-1-2-5-12(10)18-13/h1-2,4-5,8-9H,3,6-7,15H2. The van der Waals surface area contributed by atoms with E-state index in [1.807, 2.05) is 6.07 Å². The van der Waals surface area contributed by atoms with Gasteiger partial charge >= 0.3 is 0 Å². The number of aromatic nitrogens is 1. The maximum Gasteiger partial charge on any atom is 0.194 e. The zero-order valence-corrected chi connectivity index (χ0v) is 10.7. The van der Waals surface area contributed by atoms with Crippen LogP contribution in [-0.4, -0.2) is 11.5 Å². The first kappa shape index (κ1) is 11.4. The molecule has 1 aromatic carbocycles. The van der Waals surface area contributed by atoms with Crippen molar-refractivity contribution >= 4 is 21.4 Å². The normalized spacial score (nSPS) is 11.2. The second kappa shape index (κ2) is 4.92. The van der Waals surface area contributed by atoms with E-state index in [-0.39, 0.29) is 0 Å². The molecule has 0 bridgehead atoms. The van der Waals surface area contributed by atoms with Gasteiger partial charge in [0.25, 0.3) is 0 Å². The Morgan fingerprint density at radius 1 is 1.28 bits per heavy atom. The molecule has 0 atom stereocenters. The summed E-state index contributed by atoms with van der Waals surface area (Å²) in [6, 6.07) is 10.5. The van der Waals surface area contributed by atoms with Gasteiger partial charge in [0.1, 0.15) is 0 Å². The molecule has 2 heterocycles. The van der Waals surface area contributed by atoms with Gasteiger partial charge in [0.15, 0.2) is 11.7 Å². The third-order valence-corrected chi connectivity index (χ3v) is 3.95. The highest BCUT2D eigenvalue weighted by Crippen LogP contribution is 2.33. The third kappa shape index (κ3) is 2.17. The molecule has 4 heteroatoms. The quantitative estimate of drug-likeness (QED) is 0.779. The van der Waals surface area contributed by atoms with E-state index in [9.17, 15) is 0 Å². The van der Waals surface area contributed by atoms with Crippen molar-refractivity contribution in [2.45, 2.75) is 12.8 Å². The van der Waals surface area contributed by atoms with E-state index >= 15 is 0 Å². The lowest BCUT2D eigenvalue weighted by Crippen LogP contribution is -2.00. The summed E-state index contributed by atoms with van der Waals surface area (Å²) in [5.74, 6) is 1.62. The first-order chi connectivity index (χ1) is 8.86. The van der Waals surface area contributed by atoms with Crippen LogP contribution < -0.4 is 5.73 Å². The molecule has 18 heavy (non-hydrogen) atoms. The molecular formula is C14H14N2OS. The number of oxazole rings is 1. The summed E-state index contributed by atoms with van der Waals surface area (Å²) in [5.41, 5.74) is 5.48. The molecule has 0 spiro atoms. The van der Waals surface area contributed by atoms with Crippen LogP contribution in [0.4, 0.5) is 0 Å². The van der Waals surface area contributed by atoms with Gasteiger partial charge in [-0.3, -0.25) is 0 Å². The molecular weight excluding hydrogens is 244 g/mol. The van der Waals surface area contributed by atoms with Gasteiger partial charge in [0.2, 0.25) is 0 Å². The van der Waals surface area contributed by atoms with Crippen LogP contribution in [0.25, 0.3) is 20.7 Å². The molecule has 0 radical (unpaired) electrons. The molecule has 0 fully saturated rings. The van der Waals surface area contributed by atoms with Gasteiger partial charge in [-0.05, 0) is 30.5 Å². The Kier molecular flexibility index (Phi) is 3.13. The number of aryl methyl sites for hydroxylation is 1. The van der Waals surface area contributed by atoms with Gasteiger partial charge in [-0.15, -0.1) is 11.3 Å². The van der Waals surface area contributed by atoms with Crippen LogP contribution in [-0.2, 0) is 6.42 Å². The van der Waals surface area contributed by atoms with Crippen molar-refractivity contribution in [3.05, 3.63) is 42.4 Å². The third-order valence-electron chi connectivity index (χ3n) is 2.82. The van der Waals surface area contributed by atoms with Crippen LogP contribution >= 0.6 is 11.3 Å². The number of hydrogen-bond donors (Lipinski definition) is 1. The summed E-state index contributed by atoms with van der Waals surface area (Å²) in [4.78, 5) is 5.41. The van der Waals surface area contributed by atoms with E-state index in [1.54, 1.807) is 17.5 Å². The summed E-state index contributed by atoms with van der Waals surface area (Å²) >= 11 is 1.73. The minimum absolute atomic E-state index is 0.667. The topological polar surface area (TPSA) is 52.0 Å². The Bertz CT molecular complexity index is 623. The van der Waals surface area contributed by atoms with Crippen LogP contribution in [0, 0.1) is 0 Å². The van der Waals surface area contributed by atoms with E-state index in [0.29, 0.717) is 6.54 Å². The smallest absolute Gasteiger partial charge is 0.194 e. The monoisotopic (exact) mass is 258 g/mol. The predicted octanol–water partition coefficient (Wildman–Crippen LogP) is 3.45. The Morgan fingerprint density at radius 2 is 2.17 bits per heavy atom.